The average Bonchev–Trinajstić information content (AvgIpc) is 2.89. The van der Waals surface area contributed by atoms with Gasteiger partial charge in [-0.1, -0.05) is 29.8 Å². The van der Waals surface area contributed by atoms with Gasteiger partial charge in [-0.2, -0.15) is 0 Å². The Morgan fingerprint density at radius 2 is 2.10 bits per heavy atom. The molecular weight excluding hydrogens is 288 g/mol. The first-order valence-electron chi connectivity index (χ1n) is 6.56. The third-order valence-electron chi connectivity index (χ3n) is 3.26. The molecule has 3 rings (SSSR count). The van der Waals surface area contributed by atoms with Gasteiger partial charge in [0.25, 0.3) is 0 Å². The van der Waals surface area contributed by atoms with E-state index in [2.05, 4.69) is 15.3 Å². The maximum atomic E-state index is 6.08. The summed E-state index contributed by atoms with van der Waals surface area (Å²) in [5.41, 5.74) is 1.59. The van der Waals surface area contributed by atoms with Crippen molar-refractivity contribution in [2.24, 2.45) is 0 Å². The van der Waals surface area contributed by atoms with Gasteiger partial charge in [0.15, 0.2) is 11.0 Å². The summed E-state index contributed by atoms with van der Waals surface area (Å²) in [4.78, 5) is 10.2. The molecule has 21 heavy (non-hydrogen) atoms. The number of para-hydroxylation sites is 1. The second kappa shape index (κ2) is 5.61. The molecule has 0 saturated heterocycles. The van der Waals surface area contributed by atoms with E-state index in [1.54, 1.807) is 7.05 Å². The number of anilines is 2. The molecule has 1 N–H and O–H groups in total. The molecule has 2 aromatic heterocycles. The van der Waals surface area contributed by atoms with Crippen LogP contribution in [0.5, 0.6) is 0 Å². The highest BCUT2D eigenvalue weighted by molar-refractivity contribution is 6.32. The molecule has 0 amide bonds. The van der Waals surface area contributed by atoms with Crippen molar-refractivity contribution in [1.29, 1.82) is 0 Å². The Morgan fingerprint density at radius 1 is 1.29 bits per heavy atom. The number of furan rings is 1. The first-order chi connectivity index (χ1) is 10.2. The van der Waals surface area contributed by atoms with E-state index in [-0.39, 0.29) is 0 Å². The van der Waals surface area contributed by atoms with Crippen molar-refractivity contribution in [1.82, 2.24) is 9.97 Å². The summed E-state index contributed by atoms with van der Waals surface area (Å²) in [6, 6.07) is 9.98. The highest BCUT2D eigenvalue weighted by Crippen LogP contribution is 2.29. The molecule has 0 spiro atoms. The Bertz CT molecular complexity index is 738. The summed E-state index contributed by atoms with van der Waals surface area (Å²) in [7, 11) is 3.73. The van der Waals surface area contributed by atoms with Crippen molar-refractivity contribution >= 4 is 34.1 Å². The quantitative estimate of drug-likeness (QED) is 0.747. The van der Waals surface area contributed by atoms with Crippen LogP contribution in [0, 0.1) is 0 Å². The second-order valence-corrected chi connectivity index (χ2v) is 5.08. The summed E-state index contributed by atoms with van der Waals surface area (Å²) in [6.07, 6.45) is 1.45. The molecule has 5 nitrogen and oxygen atoms in total. The van der Waals surface area contributed by atoms with Gasteiger partial charge in [-0.25, -0.2) is 9.97 Å². The van der Waals surface area contributed by atoms with Crippen molar-refractivity contribution in [3.8, 4) is 0 Å². The fraction of sp³-hybridized carbons (Fsp3) is 0.200. The predicted molar refractivity (Wildman–Crippen MR) is 84.9 cm³/mol. The van der Waals surface area contributed by atoms with Crippen molar-refractivity contribution in [3.05, 3.63) is 47.6 Å². The van der Waals surface area contributed by atoms with Crippen molar-refractivity contribution < 1.29 is 4.42 Å². The number of nitrogens with one attached hydrogen (secondary N) is 1. The van der Waals surface area contributed by atoms with E-state index in [0.29, 0.717) is 17.4 Å². The van der Waals surface area contributed by atoms with E-state index in [9.17, 15) is 0 Å². The van der Waals surface area contributed by atoms with Crippen LogP contribution < -0.4 is 10.2 Å². The summed E-state index contributed by atoms with van der Waals surface area (Å²) in [6.45, 7) is 0.594. The highest BCUT2D eigenvalue weighted by Gasteiger charge is 2.14. The lowest BCUT2D eigenvalue weighted by molar-refractivity contribution is 0.545. The molecule has 0 aliphatic carbocycles. The largest absolute Gasteiger partial charge is 0.459 e. The average molecular weight is 303 g/mol. The number of hydrogen-bond acceptors (Lipinski definition) is 5. The number of hydrogen-bond donors (Lipinski definition) is 1. The lowest BCUT2D eigenvalue weighted by Crippen LogP contribution is -2.19. The van der Waals surface area contributed by atoms with E-state index in [1.807, 2.05) is 42.3 Å². The molecule has 0 aliphatic rings. The topological polar surface area (TPSA) is 54.2 Å². The first-order valence-corrected chi connectivity index (χ1v) is 6.93. The molecule has 3 aromatic rings. The Balaban J connectivity index is 1.89. The van der Waals surface area contributed by atoms with Crippen molar-refractivity contribution in [2.45, 2.75) is 6.54 Å². The van der Waals surface area contributed by atoms with Crippen LogP contribution in [0.3, 0.4) is 0 Å². The summed E-state index contributed by atoms with van der Waals surface area (Å²) < 4.78 is 5.83. The van der Waals surface area contributed by atoms with Crippen LogP contribution in [-0.4, -0.2) is 24.1 Å². The predicted octanol–water partition coefficient (Wildman–Crippen LogP) is 3.55. The van der Waals surface area contributed by atoms with E-state index in [4.69, 9.17) is 16.0 Å². The van der Waals surface area contributed by atoms with Crippen LogP contribution in [0.25, 0.3) is 11.0 Å². The molecular formula is C15H15ClN4O. The first kappa shape index (κ1) is 13.7. The molecule has 108 valence electrons. The number of aromatic nitrogens is 2. The van der Waals surface area contributed by atoms with Crippen LogP contribution in [0.1, 0.15) is 5.76 Å². The zero-order valence-corrected chi connectivity index (χ0v) is 12.6. The van der Waals surface area contributed by atoms with E-state index in [1.165, 1.54) is 6.33 Å². The smallest absolute Gasteiger partial charge is 0.157 e. The van der Waals surface area contributed by atoms with Gasteiger partial charge in [-0.3, -0.25) is 0 Å². The lowest BCUT2D eigenvalue weighted by Gasteiger charge is -2.19. The molecule has 0 aliphatic heterocycles. The minimum absolute atomic E-state index is 0.402. The van der Waals surface area contributed by atoms with Crippen molar-refractivity contribution in [3.63, 3.8) is 0 Å². The minimum atomic E-state index is 0.402. The van der Waals surface area contributed by atoms with Crippen LogP contribution in [-0.2, 0) is 6.54 Å². The van der Waals surface area contributed by atoms with Gasteiger partial charge in [0.1, 0.15) is 23.4 Å². The molecule has 0 unspecified atom stereocenters. The zero-order valence-electron chi connectivity index (χ0n) is 11.8. The van der Waals surface area contributed by atoms with Gasteiger partial charge in [-0.05, 0) is 12.1 Å². The maximum Gasteiger partial charge on any atom is 0.157 e. The standard InChI is InChI=1S/C15H15ClN4O/c1-17-13-14(16)18-9-19-15(13)20(2)8-11-7-10-5-3-4-6-12(10)21-11/h3-7,9,17H,8H2,1-2H3. The zero-order chi connectivity index (χ0) is 14.8. The molecule has 0 fully saturated rings. The van der Waals surface area contributed by atoms with Gasteiger partial charge in [-0.15, -0.1) is 0 Å². The third-order valence-corrected chi connectivity index (χ3v) is 3.55. The summed E-state index contributed by atoms with van der Waals surface area (Å²) in [5, 5.41) is 4.52. The summed E-state index contributed by atoms with van der Waals surface area (Å²) in [5.74, 6) is 1.61. The maximum absolute atomic E-state index is 6.08. The highest BCUT2D eigenvalue weighted by atomic mass is 35.5. The molecule has 0 atom stereocenters. The molecule has 0 radical (unpaired) electrons. The SMILES string of the molecule is CNc1c(Cl)ncnc1N(C)Cc1cc2ccccc2o1. The Labute approximate surface area is 127 Å². The third kappa shape index (κ3) is 2.64. The number of nitrogens with zero attached hydrogens (tertiary/aromatic N) is 3. The Hall–Kier alpha value is -2.27. The Morgan fingerprint density at radius 3 is 2.86 bits per heavy atom. The normalized spacial score (nSPS) is 10.8. The molecule has 0 bridgehead atoms. The number of fused-ring (bicyclic) bond motifs is 1. The number of rotatable bonds is 4. The lowest BCUT2D eigenvalue weighted by atomic mass is 10.2. The van der Waals surface area contributed by atoms with Gasteiger partial charge < -0.3 is 14.6 Å². The van der Waals surface area contributed by atoms with Gasteiger partial charge in [0, 0.05) is 19.5 Å². The van der Waals surface area contributed by atoms with Crippen LogP contribution >= 0.6 is 11.6 Å². The fourth-order valence-corrected chi connectivity index (χ4v) is 2.51. The number of halogens is 1. The van der Waals surface area contributed by atoms with Gasteiger partial charge in [0.05, 0.1) is 6.54 Å². The second-order valence-electron chi connectivity index (χ2n) is 4.72. The monoisotopic (exact) mass is 302 g/mol. The molecule has 1 aromatic carbocycles. The van der Waals surface area contributed by atoms with Crippen LogP contribution in [0.15, 0.2) is 41.1 Å². The fourth-order valence-electron chi connectivity index (χ4n) is 2.28. The molecule has 0 saturated carbocycles. The van der Waals surface area contributed by atoms with E-state index in [0.717, 1.165) is 22.5 Å². The van der Waals surface area contributed by atoms with Crippen LogP contribution in [0.2, 0.25) is 5.15 Å². The molecule has 6 heteroatoms. The molecule has 2 heterocycles. The summed E-state index contributed by atoms with van der Waals surface area (Å²) >= 11 is 6.08. The minimum Gasteiger partial charge on any atom is -0.459 e. The van der Waals surface area contributed by atoms with E-state index >= 15 is 0 Å². The Kier molecular flexibility index (Phi) is 3.66. The van der Waals surface area contributed by atoms with Crippen molar-refractivity contribution in [2.75, 3.05) is 24.3 Å². The van der Waals surface area contributed by atoms with Gasteiger partial charge in [0.2, 0.25) is 0 Å². The van der Waals surface area contributed by atoms with Crippen LogP contribution in [0.4, 0.5) is 11.5 Å². The van der Waals surface area contributed by atoms with E-state index < -0.39 is 0 Å². The van der Waals surface area contributed by atoms with Gasteiger partial charge >= 0.3 is 0 Å². The number of benzene rings is 1.